The van der Waals surface area contributed by atoms with Crippen LogP contribution in [0.1, 0.15) is 20.3 Å². The molecule has 1 heterocycles. The van der Waals surface area contributed by atoms with Gasteiger partial charge in [0.25, 0.3) is 5.91 Å². The van der Waals surface area contributed by atoms with Gasteiger partial charge in [0.05, 0.1) is 0 Å². The molecule has 1 atom stereocenters. The van der Waals surface area contributed by atoms with E-state index in [1.807, 2.05) is 6.92 Å². The summed E-state index contributed by atoms with van der Waals surface area (Å²) >= 11 is 0. The summed E-state index contributed by atoms with van der Waals surface area (Å²) in [5.41, 5.74) is -0.0722. The van der Waals surface area contributed by atoms with Gasteiger partial charge in [-0.05, 0) is 31.5 Å². The molecule has 0 saturated carbocycles. The van der Waals surface area contributed by atoms with Crippen LogP contribution in [0.5, 0.6) is 5.75 Å². The van der Waals surface area contributed by atoms with E-state index in [0.29, 0.717) is 17.9 Å². The second-order valence-corrected chi connectivity index (χ2v) is 5.32. The minimum absolute atomic E-state index is 0.238. The molecule has 2 amide bonds. The average molecular weight is 332 g/mol. The Labute approximate surface area is 139 Å². The summed E-state index contributed by atoms with van der Waals surface area (Å²) < 4.78 is 10.4. The fourth-order valence-corrected chi connectivity index (χ4v) is 2.03. The van der Waals surface area contributed by atoms with E-state index in [1.165, 1.54) is 6.07 Å². The molecule has 7 nitrogen and oxygen atoms in total. The third kappa shape index (κ3) is 4.84. The van der Waals surface area contributed by atoms with Gasteiger partial charge >= 0.3 is 5.63 Å². The molecule has 0 spiro atoms. The predicted molar refractivity (Wildman–Crippen MR) is 88.9 cm³/mol. The first-order chi connectivity index (χ1) is 11.5. The van der Waals surface area contributed by atoms with Gasteiger partial charge in [0.2, 0.25) is 5.91 Å². The molecule has 0 aliphatic rings. The van der Waals surface area contributed by atoms with Crippen LogP contribution >= 0.6 is 0 Å². The van der Waals surface area contributed by atoms with Gasteiger partial charge in [-0.3, -0.25) is 9.59 Å². The van der Waals surface area contributed by atoms with Crippen LogP contribution < -0.4 is 21.0 Å². The summed E-state index contributed by atoms with van der Waals surface area (Å²) in [7, 11) is 0. The summed E-state index contributed by atoms with van der Waals surface area (Å²) in [6, 6.07) is 7.29. The molecule has 1 aromatic carbocycles. The number of nitrogens with one attached hydrogen (secondary N) is 2. The van der Waals surface area contributed by atoms with Crippen molar-refractivity contribution in [3.63, 3.8) is 0 Å². The van der Waals surface area contributed by atoms with Gasteiger partial charge in [-0.2, -0.15) is 0 Å². The van der Waals surface area contributed by atoms with Crippen molar-refractivity contribution in [2.45, 2.75) is 26.3 Å². The second kappa shape index (κ2) is 8.14. The third-order valence-electron chi connectivity index (χ3n) is 3.28. The number of hydrogen-bond donors (Lipinski definition) is 2. The molecule has 2 rings (SSSR count). The number of carbonyl (C=O) groups is 2. The monoisotopic (exact) mass is 332 g/mol. The summed E-state index contributed by atoms with van der Waals surface area (Å²) in [6.45, 7) is 3.88. The molecule has 0 saturated heterocycles. The van der Waals surface area contributed by atoms with Crippen molar-refractivity contribution in [1.29, 1.82) is 0 Å². The average Bonchev–Trinajstić information content (AvgIpc) is 2.57. The molecular formula is C17H20N2O5. The Morgan fingerprint density at radius 2 is 2.00 bits per heavy atom. The fourth-order valence-electron chi connectivity index (χ4n) is 2.03. The molecule has 2 aromatic rings. The lowest BCUT2D eigenvalue weighted by Crippen LogP contribution is -2.46. The summed E-state index contributed by atoms with van der Waals surface area (Å²) in [6.07, 6.45) is 0.827. The Morgan fingerprint density at radius 1 is 1.25 bits per heavy atom. The smallest absolute Gasteiger partial charge is 0.336 e. The van der Waals surface area contributed by atoms with Gasteiger partial charge < -0.3 is 19.8 Å². The van der Waals surface area contributed by atoms with Crippen LogP contribution in [0, 0.1) is 0 Å². The number of ether oxygens (including phenoxy) is 1. The van der Waals surface area contributed by atoms with Crippen molar-refractivity contribution in [2.75, 3.05) is 13.2 Å². The van der Waals surface area contributed by atoms with E-state index in [-0.39, 0.29) is 12.5 Å². The Morgan fingerprint density at radius 3 is 2.75 bits per heavy atom. The molecule has 7 heteroatoms. The number of fused-ring (bicyclic) bond motifs is 1. The van der Waals surface area contributed by atoms with Gasteiger partial charge in [-0.25, -0.2) is 4.79 Å². The SMILES string of the molecule is CCCNC(=O)[C@@H](C)NC(=O)COc1ccc2ccc(=O)oc2c1. The molecule has 24 heavy (non-hydrogen) atoms. The topological polar surface area (TPSA) is 97.6 Å². The van der Waals surface area contributed by atoms with E-state index >= 15 is 0 Å². The lowest BCUT2D eigenvalue weighted by atomic mass is 10.2. The van der Waals surface area contributed by atoms with Crippen molar-refractivity contribution in [2.24, 2.45) is 0 Å². The van der Waals surface area contributed by atoms with E-state index in [4.69, 9.17) is 9.15 Å². The molecule has 128 valence electrons. The van der Waals surface area contributed by atoms with Crippen LogP contribution in [0.15, 0.2) is 39.5 Å². The molecule has 0 fully saturated rings. The summed E-state index contributed by atoms with van der Waals surface area (Å²) in [5, 5.41) is 6.01. The van der Waals surface area contributed by atoms with Crippen LogP contribution in [0.4, 0.5) is 0 Å². The van der Waals surface area contributed by atoms with Gasteiger partial charge in [0, 0.05) is 24.1 Å². The number of benzene rings is 1. The largest absolute Gasteiger partial charge is 0.484 e. The van der Waals surface area contributed by atoms with E-state index in [2.05, 4.69) is 10.6 Å². The van der Waals surface area contributed by atoms with Crippen molar-refractivity contribution in [3.8, 4) is 5.75 Å². The Kier molecular flexibility index (Phi) is 5.95. The highest BCUT2D eigenvalue weighted by molar-refractivity contribution is 5.87. The first-order valence-corrected chi connectivity index (χ1v) is 7.73. The van der Waals surface area contributed by atoms with E-state index in [1.54, 1.807) is 31.2 Å². The van der Waals surface area contributed by atoms with Crippen molar-refractivity contribution in [1.82, 2.24) is 10.6 Å². The molecule has 0 bridgehead atoms. The first kappa shape index (κ1) is 17.5. The van der Waals surface area contributed by atoms with Gasteiger partial charge in [0.1, 0.15) is 17.4 Å². The van der Waals surface area contributed by atoms with E-state index < -0.39 is 17.6 Å². The lowest BCUT2D eigenvalue weighted by molar-refractivity contribution is -0.129. The van der Waals surface area contributed by atoms with Crippen molar-refractivity contribution < 1.29 is 18.7 Å². The fraction of sp³-hybridized carbons (Fsp3) is 0.353. The van der Waals surface area contributed by atoms with Crippen LogP contribution in [-0.2, 0) is 9.59 Å². The number of rotatable bonds is 7. The van der Waals surface area contributed by atoms with Gasteiger partial charge in [-0.1, -0.05) is 6.92 Å². The molecule has 1 aromatic heterocycles. The van der Waals surface area contributed by atoms with Gasteiger partial charge in [0.15, 0.2) is 6.61 Å². The molecule has 0 aliphatic carbocycles. The highest BCUT2D eigenvalue weighted by Gasteiger charge is 2.15. The van der Waals surface area contributed by atoms with Crippen LogP contribution in [0.25, 0.3) is 11.0 Å². The van der Waals surface area contributed by atoms with E-state index in [0.717, 1.165) is 11.8 Å². The summed E-state index contributed by atoms with van der Waals surface area (Å²) in [4.78, 5) is 34.7. The standard InChI is InChI=1S/C17H20N2O5/c1-3-8-18-17(22)11(2)19-15(20)10-23-13-6-4-12-5-7-16(21)24-14(12)9-13/h4-7,9,11H,3,8,10H2,1-2H3,(H,18,22)(H,19,20)/t11-/m1/s1. The number of carbonyl (C=O) groups excluding carboxylic acids is 2. The van der Waals surface area contributed by atoms with Crippen molar-refractivity contribution in [3.05, 3.63) is 40.8 Å². The third-order valence-corrected chi connectivity index (χ3v) is 3.28. The zero-order chi connectivity index (χ0) is 17.5. The van der Waals surface area contributed by atoms with E-state index in [9.17, 15) is 14.4 Å². The zero-order valence-electron chi connectivity index (χ0n) is 13.6. The Bertz CT molecular complexity index is 784. The number of hydrogen-bond acceptors (Lipinski definition) is 5. The Hall–Kier alpha value is -2.83. The maximum Gasteiger partial charge on any atom is 0.336 e. The molecule has 2 N–H and O–H groups in total. The summed E-state index contributed by atoms with van der Waals surface area (Å²) in [5.74, 6) is -0.253. The second-order valence-electron chi connectivity index (χ2n) is 5.32. The van der Waals surface area contributed by atoms with Crippen molar-refractivity contribution >= 4 is 22.8 Å². The molecular weight excluding hydrogens is 312 g/mol. The maximum atomic E-state index is 11.8. The quantitative estimate of drug-likeness (QED) is 0.743. The minimum atomic E-state index is -0.637. The minimum Gasteiger partial charge on any atom is -0.484 e. The predicted octanol–water partition coefficient (Wildman–Crippen LogP) is 1.20. The lowest BCUT2D eigenvalue weighted by Gasteiger charge is -2.14. The van der Waals surface area contributed by atoms with Crippen LogP contribution in [0.3, 0.4) is 0 Å². The molecule has 0 unspecified atom stereocenters. The highest BCUT2D eigenvalue weighted by atomic mass is 16.5. The van der Waals surface area contributed by atoms with Crippen LogP contribution in [0.2, 0.25) is 0 Å². The molecule has 0 radical (unpaired) electrons. The zero-order valence-corrected chi connectivity index (χ0v) is 13.6. The maximum absolute atomic E-state index is 11.8. The molecule has 0 aliphatic heterocycles. The normalized spacial score (nSPS) is 11.8. The Balaban J connectivity index is 1.89. The number of amides is 2. The van der Waals surface area contributed by atoms with Gasteiger partial charge in [-0.15, -0.1) is 0 Å². The highest BCUT2D eigenvalue weighted by Crippen LogP contribution is 2.19. The van der Waals surface area contributed by atoms with Crippen LogP contribution in [-0.4, -0.2) is 31.0 Å². The first-order valence-electron chi connectivity index (χ1n) is 7.73.